The van der Waals surface area contributed by atoms with Crippen LogP contribution in [0.15, 0.2) is 59.8 Å². The summed E-state index contributed by atoms with van der Waals surface area (Å²) < 4.78 is 5.74. The molecule has 2 aromatic carbocycles. The van der Waals surface area contributed by atoms with Crippen LogP contribution < -0.4 is 9.64 Å². The van der Waals surface area contributed by atoms with E-state index in [0.717, 1.165) is 17.0 Å². The molecule has 0 aliphatic heterocycles. The van der Waals surface area contributed by atoms with Crippen LogP contribution in [-0.2, 0) is 11.4 Å². The lowest BCUT2D eigenvalue weighted by Gasteiger charge is -2.16. The number of aromatic amines is 1. The molecular weight excluding hydrogens is 348 g/mol. The minimum absolute atomic E-state index is 0.0105. The topological polar surface area (TPSA) is 71.1 Å². The van der Waals surface area contributed by atoms with Gasteiger partial charge in [-0.2, -0.15) is 0 Å². The van der Waals surface area contributed by atoms with Crippen molar-refractivity contribution in [2.45, 2.75) is 18.7 Å². The number of rotatable bonds is 7. The summed E-state index contributed by atoms with van der Waals surface area (Å²) >= 11 is 1.30. The molecule has 26 heavy (non-hydrogen) atoms. The smallest absolute Gasteiger partial charge is 0.237 e. The average molecular weight is 368 g/mol. The minimum atomic E-state index is -0.0105. The first-order valence-corrected chi connectivity index (χ1v) is 9.16. The summed E-state index contributed by atoms with van der Waals surface area (Å²) in [6, 6.07) is 17.3. The SMILES string of the molecule is Cc1ccccc1OCc1nc(SCC(=O)N(C)c2ccccc2)n[nH]1. The Morgan fingerprint density at radius 1 is 1.15 bits per heavy atom. The normalized spacial score (nSPS) is 10.5. The Hall–Kier alpha value is -2.80. The van der Waals surface area contributed by atoms with Crippen molar-refractivity contribution in [3.05, 3.63) is 66.0 Å². The molecule has 1 aromatic heterocycles. The summed E-state index contributed by atoms with van der Waals surface area (Å²) in [6.45, 7) is 2.29. The molecule has 3 aromatic rings. The summed E-state index contributed by atoms with van der Waals surface area (Å²) in [5.74, 6) is 1.70. The first kappa shape index (κ1) is 18.0. The maximum absolute atomic E-state index is 12.3. The summed E-state index contributed by atoms with van der Waals surface area (Å²) in [7, 11) is 1.76. The van der Waals surface area contributed by atoms with Crippen molar-refractivity contribution in [3.8, 4) is 5.75 Å². The van der Waals surface area contributed by atoms with Gasteiger partial charge in [0.15, 0.2) is 5.82 Å². The molecule has 7 heteroatoms. The van der Waals surface area contributed by atoms with Crippen LogP contribution in [0.2, 0.25) is 0 Å². The van der Waals surface area contributed by atoms with Crippen LogP contribution in [0.1, 0.15) is 11.4 Å². The van der Waals surface area contributed by atoms with Crippen molar-refractivity contribution in [2.75, 3.05) is 17.7 Å². The van der Waals surface area contributed by atoms with Crippen LogP contribution in [-0.4, -0.2) is 33.9 Å². The van der Waals surface area contributed by atoms with E-state index < -0.39 is 0 Å². The number of thioether (sulfide) groups is 1. The van der Waals surface area contributed by atoms with Gasteiger partial charge in [-0.15, -0.1) is 5.10 Å². The minimum Gasteiger partial charge on any atom is -0.485 e. The lowest BCUT2D eigenvalue weighted by molar-refractivity contribution is -0.115. The zero-order valence-corrected chi connectivity index (χ0v) is 15.5. The predicted octanol–water partition coefficient (Wildman–Crippen LogP) is 3.45. The van der Waals surface area contributed by atoms with E-state index in [4.69, 9.17) is 4.74 Å². The fraction of sp³-hybridized carbons (Fsp3) is 0.211. The quantitative estimate of drug-likeness (QED) is 0.647. The van der Waals surface area contributed by atoms with Gasteiger partial charge >= 0.3 is 0 Å². The maximum Gasteiger partial charge on any atom is 0.237 e. The summed E-state index contributed by atoms with van der Waals surface area (Å²) in [4.78, 5) is 18.3. The van der Waals surface area contributed by atoms with Crippen molar-refractivity contribution in [1.82, 2.24) is 15.2 Å². The molecule has 134 valence electrons. The zero-order valence-electron chi connectivity index (χ0n) is 14.7. The number of carbonyl (C=O) groups excluding carboxylic acids is 1. The number of anilines is 1. The van der Waals surface area contributed by atoms with Gasteiger partial charge < -0.3 is 9.64 Å². The van der Waals surface area contributed by atoms with Crippen LogP contribution in [0.5, 0.6) is 5.75 Å². The van der Waals surface area contributed by atoms with Crippen molar-refractivity contribution in [1.29, 1.82) is 0 Å². The average Bonchev–Trinajstić information content (AvgIpc) is 3.13. The van der Waals surface area contributed by atoms with E-state index in [-0.39, 0.29) is 11.7 Å². The second kappa shape index (κ2) is 8.53. The van der Waals surface area contributed by atoms with Gasteiger partial charge in [0.05, 0.1) is 5.75 Å². The highest BCUT2D eigenvalue weighted by atomic mass is 32.2. The first-order chi connectivity index (χ1) is 12.6. The molecule has 3 rings (SSSR count). The van der Waals surface area contributed by atoms with Gasteiger partial charge in [-0.3, -0.25) is 9.89 Å². The Labute approximate surface area is 156 Å². The molecule has 1 heterocycles. The van der Waals surface area contributed by atoms with Gasteiger partial charge in [0.25, 0.3) is 0 Å². The van der Waals surface area contributed by atoms with Crippen molar-refractivity contribution >= 4 is 23.4 Å². The first-order valence-electron chi connectivity index (χ1n) is 8.17. The van der Waals surface area contributed by atoms with Crippen LogP contribution in [0.3, 0.4) is 0 Å². The Balaban J connectivity index is 1.51. The number of benzene rings is 2. The highest BCUT2D eigenvalue weighted by Crippen LogP contribution is 2.19. The highest BCUT2D eigenvalue weighted by Gasteiger charge is 2.13. The number of H-pyrrole nitrogens is 1. The summed E-state index contributed by atoms with van der Waals surface area (Å²) in [5, 5.41) is 7.51. The van der Waals surface area contributed by atoms with Gasteiger partial charge in [-0.1, -0.05) is 48.2 Å². The molecule has 0 bridgehead atoms. The predicted molar refractivity (Wildman–Crippen MR) is 102 cm³/mol. The second-order valence-corrected chi connectivity index (χ2v) is 6.64. The lowest BCUT2D eigenvalue weighted by Crippen LogP contribution is -2.27. The highest BCUT2D eigenvalue weighted by molar-refractivity contribution is 7.99. The van der Waals surface area contributed by atoms with E-state index in [1.165, 1.54) is 11.8 Å². The van der Waals surface area contributed by atoms with Gasteiger partial charge in [0.2, 0.25) is 11.1 Å². The molecule has 6 nitrogen and oxygen atoms in total. The number of ether oxygens (including phenoxy) is 1. The van der Waals surface area contributed by atoms with E-state index >= 15 is 0 Å². The molecule has 0 unspecified atom stereocenters. The van der Waals surface area contributed by atoms with E-state index in [1.807, 2.05) is 61.5 Å². The van der Waals surface area contributed by atoms with Crippen LogP contribution in [0.25, 0.3) is 0 Å². The second-order valence-electron chi connectivity index (χ2n) is 5.70. The van der Waals surface area contributed by atoms with E-state index in [0.29, 0.717) is 17.6 Å². The third kappa shape index (κ3) is 4.64. The number of hydrogen-bond donors (Lipinski definition) is 1. The molecule has 0 saturated heterocycles. The Bertz CT molecular complexity index is 867. The van der Waals surface area contributed by atoms with Crippen LogP contribution >= 0.6 is 11.8 Å². The third-order valence-corrected chi connectivity index (χ3v) is 4.64. The van der Waals surface area contributed by atoms with E-state index in [2.05, 4.69) is 15.2 Å². The summed E-state index contributed by atoms with van der Waals surface area (Å²) in [5.41, 5.74) is 1.93. The largest absolute Gasteiger partial charge is 0.485 e. The Morgan fingerprint density at radius 2 is 1.88 bits per heavy atom. The van der Waals surface area contributed by atoms with Crippen LogP contribution in [0, 0.1) is 6.92 Å². The molecule has 0 fully saturated rings. The maximum atomic E-state index is 12.3. The molecular formula is C19H20N4O2S. The number of aryl methyl sites for hydroxylation is 1. The molecule has 0 atom stereocenters. The van der Waals surface area contributed by atoms with Gasteiger partial charge in [-0.25, -0.2) is 4.98 Å². The molecule has 0 aliphatic rings. The Kier molecular flexibility index (Phi) is 5.91. The fourth-order valence-electron chi connectivity index (χ4n) is 2.29. The molecule has 1 amide bonds. The van der Waals surface area contributed by atoms with Gasteiger partial charge in [-0.05, 0) is 30.7 Å². The standard InChI is InChI=1S/C19H20N4O2S/c1-14-8-6-7-11-16(14)25-12-17-20-19(22-21-17)26-13-18(24)23(2)15-9-4-3-5-10-15/h3-11H,12-13H2,1-2H3,(H,20,21,22). The van der Waals surface area contributed by atoms with Crippen molar-refractivity contribution in [2.24, 2.45) is 0 Å². The Morgan fingerprint density at radius 3 is 2.65 bits per heavy atom. The monoisotopic (exact) mass is 368 g/mol. The number of carbonyl (C=O) groups is 1. The van der Waals surface area contributed by atoms with Crippen molar-refractivity contribution < 1.29 is 9.53 Å². The number of hydrogen-bond acceptors (Lipinski definition) is 5. The number of nitrogens with one attached hydrogen (secondary N) is 1. The van der Waals surface area contributed by atoms with E-state index in [1.54, 1.807) is 11.9 Å². The number of nitrogens with zero attached hydrogens (tertiary/aromatic N) is 3. The van der Waals surface area contributed by atoms with Gasteiger partial charge in [0, 0.05) is 12.7 Å². The summed E-state index contributed by atoms with van der Waals surface area (Å²) in [6.07, 6.45) is 0. The fourth-order valence-corrected chi connectivity index (χ4v) is 3.02. The van der Waals surface area contributed by atoms with Crippen molar-refractivity contribution in [3.63, 3.8) is 0 Å². The van der Waals surface area contributed by atoms with E-state index in [9.17, 15) is 4.79 Å². The third-order valence-electron chi connectivity index (χ3n) is 3.81. The number of amides is 1. The number of para-hydroxylation sites is 2. The van der Waals surface area contributed by atoms with Crippen LogP contribution in [0.4, 0.5) is 5.69 Å². The molecule has 1 N–H and O–H groups in total. The molecule has 0 radical (unpaired) electrons. The molecule has 0 spiro atoms. The zero-order chi connectivity index (χ0) is 18.4. The molecule has 0 saturated carbocycles. The lowest BCUT2D eigenvalue weighted by atomic mass is 10.2. The number of aromatic nitrogens is 3. The molecule has 0 aliphatic carbocycles. The van der Waals surface area contributed by atoms with Gasteiger partial charge in [0.1, 0.15) is 12.4 Å².